The van der Waals surface area contributed by atoms with Crippen LogP contribution in [0.1, 0.15) is 32.1 Å². The molecule has 1 aromatic carbocycles. The smallest absolute Gasteiger partial charge is 0.226 e. The summed E-state index contributed by atoms with van der Waals surface area (Å²) in [7, 11) is 0. The van der Waals surface area contributed by atoms with Crippen molar-refractivity contribution in [2.45, 2.75) is 27.2 Å². The van der Waals surface area contributed by atoms with Crippen molar-refractivity contribution in [3.05, 3.63) is 51.3 Å². The molecule has 0 saturated carbocycles. The zero-order valence-corrected chi connectivity index (χ0v) is 14.1. The molecule has 114 valence electrons. The van der Waals surface area contributed by atoms with Crippen LogP contribution < -0.4 is 0 Å². The van der Waals surface area contributed by atoms with Gasteiger partial charge in [-0.05, 0) is 12.1 Å². The Morgan fingerprint density at radius 1 is 1.38 bits per heavy atom. The molecule has 0 N–H and O–H groups in total. The summed E-state index contributed by atoms with van der Waals surface area (Å²) in [5.74, 6) is 0.864. The number of halogens is 1. The molecule has 0 unspecified atom stereocenters. The Labute approximate surface area is 133 Å². The summed E-state index contributed by atoms with van der Waals surface area (Å²) in [5.41, 5.74) is 2.50. The molecule has 0 aliphatic heterocycles. The van der Waals surface area contributed by atoms with Crippen molar-refractivity contribution >= 4 is 33.0 Å². The van der Waals surface area contributed by atoms with Gasteiger partial charge in [0.15, 0.2) is 0 Å². The van der Waals surface area contributed by atoms with Crippen LogP contribution in [0.4, 0.5) is 0 Å². The molecule has 0 atom stereocenters. The molecule has 2 aromatic rings. The van der Waals surface area contributed by atoms with Gasteiger partial charge in [-0.3, -0.25) is 10.1 Å². The first-order valence-electron chi connectivity index (χ1n) is 7.03. The van der Waals surface area contributed by atoms with Crippen molar-refractivity contribution in [2.24, 2.45) is 0 Å². The van der Waals surface area contributed by atoms with Crippen LogP contribution in [0, 0.1) is 10.1 Å². The minimum Gasteiger partial charge on any atom is -0.460 e. The third-order valence-electron chi connectivity index (χ3n) is 2.88. The lowest BCUT2D eigenvalue weighted by atomic mass is 10.1. The van der Waals surface area contributed by atoms with Gasteiger partial charge in [0.1, 0.15) is 11.3 Å². The fourth-order valence-electron chi connectivity index (χ4n) is 2.03. The van der Waals surface area contributed by atoms with E-state index >= 15 is 0 Å². The first kappa shape index (κ1) is 17.4. The van der Waals surface area contributed by atoms with E-state index in [1.54, 1.807) is 0 Å². The highest BCUT2D eigenvalue weighted by atomic mass is 79.9. The van der Waals surface area contributed by atoms with E-state index in [-0.39, 0.29) is 11.5 Å². The zero-order chi connectivity index (χ0) is 15.8. The Kier molecular flexibility index (Phi) is 7.15. The van der Waals surface area contributed by atoms with E-state index in [1.165, 1.54) is 0 Å². The number of aryl methyl sites for hydroxylation is 1. The Bertz CT molecular complexity index is 631. The Morgan fingerprint density at radius 3 is 2.62 bits per heavy atom. The van der Waals surface area contributed by atoms with E-state index in [4.69, 9.17) is 4.42 Å². The van der Waals surface area contributed by atoms with Crippen LogP contribution in [-0.4, -0.2) is 16.8 Å². The normalized spacial score (nSPS) is 11.1. The van der Waals surface area contributed by atoms with E-state index in [9.17, 15) is 10.1 Å². The number of rotatable bonds is 5. The molecular weight excluding hydrogens is 334 g/mol. The van der Waals surface area contributed by atoms with Gasteiger partial charge in [0, 0.05) is 33.2 Å². The van der Waals surface area contributed by atoms with Crippen LogP contribution in [0.3, 0.4) is 0 Å². The van der Waals surface area contributed by atoms with E-state index in [0.29, 0.717) is 5.33 Å². The highest BCUT2D eigenvalue weighted by Gasteiger charge is 2.13. The number of benzene rings is 1. The maximum Gasteiger partial charge on any atom is 0.226 e. The first-order chi connectivity index (χ1) is 10.2. The summed E-state index contributed by atoms with van der Waals surface area (Å²) in [4.78, 5) is 10.3. The molecule has 0 spiro atoms. The lowest BCUT2D eigenvalue weighted by Crippen LogP contribution is -2.05. The molecule has 4 nitrogen and oxygen atoms in total. The number of para-hydroxylation sites is 1. The second kappa shape index (κ2) is 8.62. The minimum absolute atomic E-state index is 0.159. The molecule has 0 aliphatic rings. The van der Waals surface area contributed by atoms with Crippen molar-refractivity contribution in [1.82, 2.24) is 0 Å². The second-order valence-corrected chi connectivity index (χ2v) is 4.78. The van der Waals surface area contributed by atoms with Crippen LogP contribution in [0.15, 0.2) is 34.3 Å². The summed E-state index contributed by atoms with van der Waals surface area (Å²) in [6.07, 6.45) is 2.62. The summed E-state index contributed by atoms with van der Waals surface area (Å²) in [6, 6.07) is 7.74. The van der Waals surface area contributed by atoms with Crippen molar-refractivity contribution in [1.29, 1.82) is 0 Å². The molecule has 0 aliphatic carbocycles. The zero-order valence-electron chi connectivity index (χ0n) is 12.6. The fourth-order valence-corrected chi connectivity index (χ4v) is 2.37. The average molecular weight is 354 g/mol. The van der Waals surface area contributed by atoms with Gasteiger partial charge in [0.25, 0.3) is 0 Å². The van der Waals surface area contributed by atoms with E-state index in [1.807, 2.05) is 51.1 Å². The lowest BCUT2D eigenvalue weighted by Gasteiger charge is -1.99. The number of furan rings is 1. The molecule has 0 bridgehead atoms. The Balaban J connectivity index is 0.00000106. The number of fused-ring (bicyclic) bond motifs is 1. The first-order valence-corrected chi connectivity index (χ1v) is 8.15. The van der Waals surface area contributed by atoms with Gasteiger partial charge in [-0.25, -0.2) is 0 Å². The highest BCUT2D eigenvalue weighted by Crippen LogP contribution is 2.28. The molecule has 1 heterocycles. The van der Waals surface area contributed by atoms with Crippen molar-refractivity contribution < 1.29 is 9.34 Å². The van der Waals surface area contributed by atoms with E-state index < -0.39 is 0 Å². The largest absolute Gasteiger partial charge is 0.460 e. The van der Waals surface area contributed by atoms with Gasteiger partial charge in [-0.1, -0.05) is 54.9 Å². The maximum absolute atomic E-state index is 10.6. The third-order valence-corrected chi connectivity index (χ3v) is 3.60. The van der Waals surface area contributed by atoms with Crippen molar-refractivity contribution in [3.63, 3.8) is 0 Å². The van der Waals surface area contributed by atoms with Gasteiger partial charge >= 0.3 is 0 Å². The topological polar surface area (TPSA) is 56.3 Å². The monoisotopic (exact) mass is 353 g/mol. The van der Waals surface area contributed by atoms with Gasteiger partial charge in [0.05, 0.1) is 0 Å². The van der Waals surface area contributed by atoms with Crippen LogP contribution in [-0.2, 0) is 6.42 Å². The maximum atomic E-state index is 10.6. The molecule has 0 saturated heterocycles. The summed E-state index contributed by atoms with van der Waals surface area (Å²) >= 11 is 3.30. The van der Waals surface area contributed by atoms with Gasteiger partial charge in [0.2, 0.25) is 6.54 Å². The SMILES string of the molecule is CC.CCc1oc2ccccc2c1/C=C(/CBr)C[N+](=O)[O-]. The van der Waals surface area contributed by atoms with Crippen molar-refractivity contribution in [2.75, 3.05) is 11.9 Å². The predicted molar refractivity (Wildman–Crippen MR) is 90.6 cm³/mol. The Hall–Kier alpha value is -1.62. The summed E-state index contributed by atoms with van der Waals surface area (Å²) in [6.45, 7) is 5.85. The standard InChI is InChI=1S/C14H14BrNO3.C2H6/c1-2-13-12(7-10(8-15)9-16(17)18)11-5-3-4-6-14(11)19-13;1-2/h3-7H,2,8-9H2,1H3;1-2H3/b10-7-;. The fraction of sp³-hybridized carbons (Fsp3) is 0.375. The van der Waals surface area contributed by atoms with E-state index in [2.05, 4.69) is 15.9 Å². The Morgan fingerprint density at radius 2 is 2.05 bits per heavy atom. The van der Waals surface area contributed by atoms with Gasteiger partial charge in [-0.2, -0.15) is 0 Å². The lowest BCUT2D eigenvalue weighted by molar-refractivity contribution is -0.470. The van der Waals surface area contributed by atoms with Crippen LogP contribution >= 0.6 is 15.9 Å². The number of nitrogens with zero attached hydrogens (tertiary/aromatic N) is 1. The number of nitro groups is 1. The molecule has 21 heavy (non-hydrogen) atoms. The van der Waals surface area contributed by atoms with Gasteiger partial charge in [-0.15, -0.1) is 0 Å². The predicted octanol–water partition coefficient (Wildman–Crippen LogP) is 5.08. The van der Waals surface area contributed by atoms with Gasteiger partial charge < -0.3 is 4.42 Å². The molecule has 1 aromatic heterocycles. The van der Waals surface area contributed by atoms with E-state index in [0.717, 1.165) is 34.3 Å². The molecule has 2 rings (SSSR count). The third kappa shape index (κ3) is 4.43. The number of hydrogen-bond donors (Lipinski definition) is 0. The minimum atomic E-state index is -0.318. The summed E-state index contributed by atoms with van der Waals surface area (Å²) < 4.78 is 5.77. The highest BCUT2D eigenvalue weighted by molar-refractivity contribution is 9.09. The van der Waals surface area contributed by atoms with Crippen LogP contribution in [0.2, 0.25) is 0 Å². The molecule has 0 fully saturated rings. The molecular formula is C16H20BrNO3. The number of hydrogen-bond acceptors (Lipinski definition) is 3. The molecule has 0 radical (unpaired) electrons. The van der Waals surface area contributed by atoms with Crippen LogP contribution in [0.5, 0.6) is 0 Å². The van der Waals surface area contributed by atoms with Crippen molar-refractivity contribution in [3.8, 4) is 0 Å². The van der Waals surface area contributed by atoms with Crippen LogP contribution in [0.25, 0.3) is 17.0 Å². The quantitative estimate of drug-likeness (QED) is 0.428. The number of alkyl halides is 1. The summed E-state index contributed by atoms with van der Waals surface area (Å²) in [5, 5.41) is 12.1. The average Bonchev–Trinajstić information content (AvgIpc) is 2.86. The molecule has 0 amide bonds. The second-order valence-electron chi connectivity index (χ2n) is 4.22. The molecule has 5 heteroatoms.